The van der Waals surface area contributed by atoms with Crippen molar-refractivity contribution in [2.24, 2.45) is 7.05 Å². The van der Waals surface area contributed by atoms with Gasteiger partial charge < -0.3 is 15.6 Å². The first-order valence-corrected chi connectivity index (χ1v) is 5.94. The molecule has 2 heterocycles. The number of anilines is 1. The van der Waals surface area contributed by atoms with Gasteiger partial charge in [-0.1, -0.05) is 18.8 Å². The third-order valence-corrected chi connectivity index (χ3v) is 2.70. The van der Waals surface area contributed by atoms with Crippen LogP contribution in [0.3, 0.4) is 0 Å². The van der Waals surface area contributed by atoms with Crippen LogP contribution in [-0.2, 0) is 11.8 Å². The van der Waals surface area contributed by atoms with Crippen LogP contribution in [0.2, 0.25) is 0 Å². The smallest absolute Gasteiger partial charge is 0.220 e. The zero-order chi connectivity index (χ0) is 13.8. The molecular weight excluding hydrogens is 242 g/mol. The van der Waals surface area contributed by atoms with Crippen molar-refractivity contribution in [2.75, 3.05) is 12.3 Å². The van der Waals surface area contributed by atoms with Gasteiger partial charge in [-0.25, -0.2) is 9.97 Å². The summed E-state index contributed by atoms with van der Waals surface area (Å²) in [6.07, 6.45) is 3.73. The van der Waals surface area contributed by atoms with Gasteiger partial charge in [0, 0.05) is 19.7 Å². The molecule has 0 aliphatic carbocycles. The zero-order valence-corrected chi connectivity index (χ0v) is 10.9. The van der Waals surface area contributed by atoms with Gasteiger partial charge in [-0.15, -0.1) is 0 Å². The monoisotopic (exact) mass is 257 g/mol. The van der Waals surface area contributed by atoms with E-state index < -0.39 is 0 Å². The Morgan fingerprint density at radius 1 is 1.53 bits per heavy atom. The predicted octanol–water partition coefficient (Wildman–Crippen LogP) is 0.428. The van der Waals surface area contributed by atoms with Gasteiger partial charge >= 0.3 is 0 Å². The SMILES string of the molecule is CCC(=O)NCC#Cc1cn(C)c2ncnc(N)c12. The number of nitrogens with zero attached hydrogens (tertiary/aromatic N) is 3. The van der Waals surface area contributed by atoms with E-state index in [-0.39, 0.29) is 5.91 Å². The number of nitrogens with two attached hydrogens (primary N) is 1. The maximum atomic E-state index is 11.1. The Balaban J connectivity index is 2.27. The van der Waals surface area contributed by atoms with Gasteiger partial charge in [0.05, 0.1) is 17.5 Å². The molecule has 2 aromatic rings. The lowest BCUT2D eigenvalue weighted by Gasteiger charge is -1.96. The molecule has 0 saturated heterocycles. The number of carbonyl (C=O) groups is 1. The Morgan fingerprint density at radius 2 is 2.32 bits per heavy atom. The lowest BCUT2D eigenvalue weighted by molar-refractivity contribution is -0.120. The summed E-state index contributed by atoms with van der Waals surface area (Å²) >= 11 is 0. The topological polar surface area (TPSA) is 85.8 Å². The lowest BCUT2D eigenvalue weighted by Crippen LogP contribution is -2.22. The van der Waals surface area contributed by atoms with E-state index in [4.69, 9.17) is 5.73 Å². The quantitative estimate of drug-likeness (QED) is 0.764. The maximum Gasteiger partial charge on any atom is 0.220 e. The molecule has 19 heavy (non-hydrogen) atoms. The maximum absolute atomic E-state index is 11.1. The third-order valence-electron chi connectivity index (χ3n) is 2.70. The molecule has 2 rings (SSSR count). The molecule has 0 unspecified atom stereocenters. The summed E-state index contributed by atoms with van der Waals surface area (Å²) < 4.78 is 1.85. The van der Waals surface area contributed by atoms with Crippen molar-refractivity contribution in [3.8, 4) is 11.8 Å². The molecule has 0 aromatic carbocycles. The molecule has 0 bridgehead atoms. The Morgan fingerprint density at radius 3 is 3.05 bits per heavy atom. The number of hydrogen-bond donors (Lipinski definition) is 2. The van der Waals surface area contributed by atoms with Crippen LogP contribution in [0.15, 0.2) is 12.5 Å². The average molecular weight is 257 g/mol. The van der Waals surface area contributed by atoms with Gasteiger partial charge in [-0.2, -0.15) is 0 Å². The fourth-order valence-electron chi connectivity index (χ4n) is 1.74. The van der Waals surface area contributed by atoms with Crippen molar-refractivity contribution >= 4 is 22.8 Å². The Kier molecular flexibility index (Phi) is 3.66. The third kappa shape index (κ3) is 2.65. The predicted molar refractivity (Wildman–Crippen MR) is 73.1 cm³/mol. The molecule has 0 saturated carbocycles. The summed E-state index contributed by atoms with van der Waals surface area (Å²) in [7, 11) is 1.87. The van der Waals surface area contributed by atoms with E-state index in [2.05, 4.69) is 27.1 Å². The molecule has 0 radical (unpaired) electrons. The summed E-state index contributed by atoms with van der Waals surface area (Å²) in [5.41, 5.74) is 7.35. The number of hydrogen-bond acceptors (Lipinski definition) is 4. The highest BCUT2D eigenvalue weighted by Crippen LogP contribution is 2.21. The summed E-state index contributed by atoms with van der Waals surface area (Å²) in [6.45, 7) is 2.11. The minimum Gasteiger partial charge on any atom is -0.383 e. The van der Waals surface area contributed by atoms with E-state index >= 15 is 0 Å². The van der Waals surface area contributed by atoms with Crippen LogP contribution in [0.25, 0.3) is 11.0 Å². The van der Waals surface area contributed by atoms with Crippen LogP contribution in [0, 0.1) is 11.8 Å². The largest absolute Gasteiger partial charge is 0.383 e. The highest BCUT2D eigenvalue weighted by Gasteiger charge is 2.09. The fraction of sp³-hybridized carbons (Fsp3) is 0.308. The summed E-state index contributed by atoms with van der Waals surface area (Å²) in [4.78, 5) is 19.2. The van der Waals surface area contributed by atoms with E-state index in [1.165, 1.54) is 6.33 Å². The second-order valence-corrected chi connectivity index (χ2v) is 4.04. The van der Waals surface area contributed by atoms with Crippen molar-refractivity contribution in [3.63, 3.8) is 0 Å². The molecule has 3 N–H and O–H groups in total. The number of rotatable bonds is 2. The normalized spacial score (nSPS) is 10.0. The first-order chi connectivity index (χ1) is 9.13. The van der Waals surface area contributed by atoms with Gasteiger partial charge in [-0.3, -0.25) is 4.79 Å². The summed E-state index contributed by atoms with van der Waals surface area (Å²) in [6, 6.07) is 0. The number of nitrogen functional groups attached to an aromatic ring is 1. The van der Waals surface area contributed by atoms with Gasteiger partial charge in [0.15, 0.2) is 0 Å². The second-order valence-electron chi connectivity index (χ2n) is 4.04. The number of nitrogens with one attached hydrogen (secondary N) is 1. The molecule has 0 atom stereocenters. The minimum atomic E-state index is -0.0185. The highest BCUT2D eigenvalue weighted by atomic mass is 16.1. The van der Waals surface area contributed by atoms with Gasteiger partial charge in [0.2, 0.25) is 5.91 Å². The van der Waals surface area contributed by atoms with Crippen LogP contribution < -0.4 is 11.1 Å². The first kappa shape index (κ1) is 12.9. The van der Waals surface area contributed by atoms with Gasteiger partial charge in [0.1, 0.15) is 17.8 Å². The number of amides is 1. The second kappa shape index (κ2) is 5.40. The summed E-state index contributed by atoms with van der Waals surface area (Å²) in [5.74, 6) is 6.27. The van der Waals surface area contributed by atoms with Gasteiger partial charge in [0.25, 0.3) is 0 Å². The standard InChI is InChI=1S/C13H15N5O/c1-3-10(19)15-6-4-5-9-7-18(2)13-11(9)12(14)16-8-17-13/h7-8H,3,6H2,1-2H3,(H,15,19)(H2,14,16,17). The fourth-order valence-corrected chi connectivity index (χ4v) is 1.74. The van der Waals surface area contributed by atoms with Crippen molar-refractivity contribution in [1.82, 2.24) is 19.9 Å². The molecule has 0 aliphatic rings. The van der Waals surface area contributed by atoms with Crippen molar-refractivity contribution in [1.29, 1.82) is 0 Å². The Labute approximate surface area is 111 Å². The van der Waals surface area contributed by atoms with E-state index in [0.717, 1.165) is 16.6 Å². The number of carbonyl (C=O) groups excluding carboxylic acids is 1. The van der Waals surface area contributed by atoms with Crippen LogP contribution in [0.5, 0.6) is 0 Å². The Hall–Kier alpha value is -2.55. The van der Waals surface area contributed by atoms with Gasteiger partial charge in [-0.05, 0) is 0 Å². The first-order valence-electron chi connectivity index (χ1n) is 5.94. The molecular formula is C13H15N5O. The van der Waals surface area contributed by atoms with E-state index in [0.29, 0.717) is 18.8 Å². The number of aryl methyl sites for hydroxylation is 1. The van der Waals surface area contributed by atoms with E-state index in [1.54, 1.807) is 6.92 Å². The van der Waals surface area contributed by atoms with E-state index in [1.807, 2.05) is 17.8 Å². The number of fused-ring (bicyclic) bond motifs is 1. The lowest BCUT2D eigenvalue weighted by atomic mass is 10.2. The molecule has 0 fully saturated rings. The van der Waals surface area contributed by atoms with Crippen LogP contribution >= 0.6 is 0 Å². The molecule has 98 valence electrons. The molecule has 0 aliphatic heterocycles. The average Bonchev–Trinajstić information content (AvgIpc) is 2.73. The van der Waals surface area contributed by atoms with Crippen molar-refractivity contribution in [3.05, 3.63) is 18.1 Å². The van der Waals surface area contributed by atoms with Crippen molar-refractivity contribution in [2.45, 2.75) is 13.3 Å². The minimum absolute atomic E-state index is 0.0185. The number of aromatic nitrogens is 3. The molecule has 6 nitrogen and oxygen atoms in total. The Bertz CT molecular complexity index is 677. The molecule has 1 amide bonds. The van der Waals surface area contributed by atoms with E-state index in [9.17, 15) is 4.79 Å². The van der Waals surface area contributed by atoms with Crippen LogP contribution in [0.4, 0.5) is 5.82 Å². The summed E-state index contributed by atoms with van der Waals surface area (Å²) in [5, 5.41) is 3.44. The van der Waals surface area contributed by atoms with Crippen molar-refractivity contribution < 1.29 is 4.79 Å². The zero-order valence-electron chi connectivity index (χ0n) is 10.9. The molecule has 2 aromatic heterocycles. The van der Waals surface area contributed by atoms with Crippen LogP contribution in [-0.4, -0.2) is 27.0 Å². The highest BCUT2D eigenvalue weighted by molar-refractivity contribution is 5.92. The van der Waals surface area contributed by atoms with Crippen LogP contribution in [0.1, 0.15) is 18.9 Å². The molecule has 0 spiro atoms. The molecule has 6 heteroatoms.